The summed E-state index contributed by atoms with van der Waals surface area (Å²) in [5.41, 5.74) is 0.796. The number of hydrogen-bond donors (Lipinski definition) is 0. The summed E-state index contributed by atoms with van der Waals surface area (Å²) in [5.74, 6) is 0.753. The predicted molar refractivity (Wildman–Crippen MR) is 83.4 cm³/mol. The summed E-state index contributed by atoms with van der Waals surface area (Å²) in [4.78, 5) is 27.9. The van der Waals surface area contributed by atoms with E-state index in [1.165, 1.54) is 6.26 Å². The van der Waals surface area contributed by atoms with Crippen molar-refractivity contribution in [2.24, 2.45) is 0 Å². The molecule has 0 radical (unpaired) electrons. The lowest BCUT2D eigenvalue weighted by molar-refractivity contribution is 0.0569. The molecule has 24 heavy (non-hydrogen) atoms. The van der Waals surface area contributed by atoms with E-state index in [0.717, 1.165) is 0 Å². The van der Waals surface area contributed by atoms with Crippen LogP contribution in [-0.2, 0) is 4.74 Å². The van der Waals surface area contributed by atoms with Crippen LogP contribution in [0.2, 0.25) is 0 Å². The van der Waals surface area contributed by atoms with E-state index < -0.39 is 0 Å². The molecule has 3 heterocycles. The molecule has 1 fully saturated rings. The van der Waals surface area contributed by atoms with Crippen LogP contribution in [0.25, 0.3) is 11.5 Å². The number of rotatable bonds is 3. The van der Waals surface area contributed by atoms with Gasteiger partial charge in [0.2, 0.25) is 0 Å². The van der Waals surface area contributed by atoms with E-state index in [2.05, 4.69) is 5.16 Å². The van der Waals surface area contributed by atoms with E-state index in [1.54, 1.807) is 35.8 Å². The molecule has 0 saturated carbocycles. The number of carbonyl (C=O) groups excluding carboxylic acids is 2. The van der Waals surface area contributed by atoms with Gasteiger partial charge < -0.3 is 23.5 Å². The number of amides is 2. The SMILES string of the molecule is CCOC(=O)N1CCN(C(=O)c2c(-c3ccco3)noc2C)CC1. The summed E-state index contributed by atoms with van der Waals surface area (Å²) in [5, 5.41) is 3.94. The van der Waals surface area contributed by atoms with Crippen molar-refractivity contribution in [1.29, 1.82) is 0 Å². The lowest BCUT2D eigenvalue weighted by Gasteiger charge is -2.34. The molecule has 2 amide bonds. The second-order valence-corrected chi connectivity index (χ2v) is 5.42. The van der Waals surface area contributed by atoms with Crippen molar-refractivity contribution < 1.29 is 23.3 Å². The Morgan fingerprint density at radius 1 is 1.25 bits per heavy atom. The van der Waals surface area contributed by atoms with Crippen LogP contribution >= 0.6 is 0 Å². The molecule has 2 aromatic rings. The Morgan fingerprint density at radius 2 is 1.96 bits per heavy atom. The highest BCUT2D eigenvalue weighted by Crippen LogP contribution is 2.27. The predicted octanol–water partition coefficient (Wildman–Crippen LogP) is 2.16. The molecule has 0 bridgehead atoms. The van der Waals surface area contributed by atoms with Crippen molar-refractivity contribution in [3.63, 3.8) is 0 Å². The first-order valence-corrected chi connectivity index (χ1v) is 7.83. The molecule has 8 heteroatoms. The highest BCUT2D eigenvalue weighted by atomic mass is 16.6. The van der Waals surface area contributed by atoms with Crippen molar-refractivity contribution in [2.75, 3.05) is 32.8 Å². The number of piperazine rings is 1. The maximum absolute atomic E-state index is 12.8. The molecule has 1 saturated heterocycles. The number of carbonyl (C=O) groups is 2. The van der Waals surface area contributed by atoms with Crippen molar-refractivity contribution >= 4 is 12.0 Å². The van der Waals surface area contributed by atoms with Gasteiger partial charge in [-0.1, -0.05) is 5.16 Å². The first kappa shape index (κ1) is 16.1. The van der Waals surface area contributed by atoms with Crippen LogP contribution in [0.5, 0.6) is 0 Å². The Hall–Kier alpha value is -2.77. The van der Waals surface area contributed by atoms with Crippen molar-refractivity contribution in [1.82, 2.24) is 15.0 Å². The van der Waals surface area contributed by atoms with Gasteiger partial charge in [-0.3, -0.25) is 4.79 Å². The first-order valence-electron chi connectivity index (χ1n) is 7.83. The number of hydrogen-bond acceptors (Lipinski definition) is 6. The van der Waals surface area contributed by atoms with E-state index in [-0.39, 0.29) is 12.0 Å². The summed E-state index contributed by atoms with van der Waals surface area (Å²) in [7, 11) is 0. The second kappa shape index (κ2) is 6.77. The molecular formula is C16H19N3O5. The Kier molecular flexibility index (Phi) is 4.54. The third-order valence-corrected chi connectivity index (χ3v) is 3.92. The quantitative estimate of drug-likeness (QED) is 0.855. The minimum Gasteiger partial charge on any atom is -0.463 e. The van der Waals surface area contributed by atoms with Crippen LogP contribution in [0, 0.1) is 6.92 Å². The molecule has 128 valence electrons. The number of nitrogens with zero attached hydrogens (tertiary/aromatic N) is 3. The zero-order valence-corrected chi connectivity index (χ0v) is 13.7. The van der Waals surface area contributed by atoms with Gasteiger partial charge >= 0.3 is 6.09 Å². The van der Waals surface area contributed by atoms with Crippen molar-refractivity contribution in [2.45, 2.75) is 13.8 Å². The third-order valence-electron chi connectivity index (χ3n) is 3.92. The average molecular weight is 333 g/mol. The average Bonchev–Trinajstić information content (AvgIpc) is 3.24. The molecule has 0 N–H and O–H groups in total. The fourth-order valence-corrected chi connectivity index (χ4v) is 2.67. The highest BCUT2D eigenvalue weighted by Gasteiger charge is 2.30. The van der Waals surface area contributed by atoms with Crippen molar-refractivity contribution in [3.05, 3.63) is 29.7 Å². The maximum atomic E-state index is 12.8. The Labute approximate surface area is 138 Å². The number of aryl methyl sites for hydroxylation is 1. The minimum absolute atomic E-state index is 0.177. The molecule has 0 aliphatic carbocycles. The minimum atomic E-state index is -0.345. The largest absolute Gasteiger partial charge is 0.463 e. The fourth-order valence-electron chi connectivity index (χ4n) is 2.67. The third kappa shape index (κ3) is 2.99. The summed E-state index contributed by atoms with van der Waals surface area (Å²) in [6.45, 7) is 5.53. The Balaban J connectivity index is 1.73. The molecule has 0 unspecified atom stereocenters. The second-order valence-electron chi connectivity index (χ2n) is 5.42. The lowest BCUT2D eigenvalue weighted by atomic mass is 10.1. The maximum Gasteiger partial charge on any atom is 0.409 e. The Morgan fingerprint density at radius 3 is 2.58 bits per heavy atom. The number of ether oxygens (including phenoxy) is 1. The standard InChI is InChI=1S/C16H19N3O5/c1-3-22-16(21)19-8-6-18(7-9-19)15(20)13-11(2)24-17-14(13)12-5-4-10-23-12/h4-5,10H,3,6-9H2,1-2H3. The van der Waals surface area contributed by atoms with E-state index >= 15 is 0 Å². The lowest BCUT2D eigenvalue weighted by Crippen LogP contribution is -2.50. The Bertz CT molecular complexity index is 714. The summed E-state index contributed by atoms with van der Waals surface area (Å²) in [6.07, 6.45) is 1.17. The van der Waals surface area contributed by atoms with Crippen LogP contribution < -0.4 is 0 Å². The number of aromatic nitrogens is 1. The summed E-state index contributed by atoms with van der Waals surface area (Å²) in [6, 6.07) is 3.46. The van der Waals surface area contributed by atoms with Gasteiger partial charge in [-0.25, -0.2) is 4.79 Å². The topological polar surface area (TPSA) is 89.0 Å². The molecule has 2 aromatic heterocycles. The molecule has 1 aliphatic rings. The van der Waals surface area contributed by atoms with Gasteiger partial charge in [0.1, 0.15) is 11.3 Å². The highest BCUT2D eigenvalue weighted by molar-refractivity contribution is 6.00. The van der Waals surface area contributed by atoms with Gasteiger partial charge in [-0.05, 0) is 26.0 Å². The van der Waals surface area contributed by atoms with Gasteiger partial charge in [0.25, 0.3) is 5.91 Å². The van der Waals surface area contributed by atoms with Gasteiger partial charge in [0.05, 0.1) is 12.9 Å². The van der Waals surface area contributed by atoms with Gasteiger partial charge in [-0.15, -0.1) is 0 Å². The normalized spacial score (nSPS) is 14.8. The molecule has 3 rings (SSSR count). The monoisotopic (exact) mass is 333 g/mol. The van der Waals surface area contributed by atoms with Gasteiger partial charge in [-0.2, -0.15) is 0 Å². The zero-order valence-electron chi connectivity index (χ0n) is 13.7. The summed E-state index contributed by atoms with van der Waals surface area (Å²) < 4.78 is 15.5. The van der Waals surface area contributed by atoms with E-state index in [0.29, 0.717) is 55.6 Å². The number of furan rings is 1. The van der Waals surface area contributed by atoms with Gasteiger partial charge in [0.15, 0.2) is 11.5 Å². The molecule has 0 atom stereocenters. The zero-order chi connectivity index (χ0) is 17.1. The van der Waals surface area contributed by atoms with Crippen LogP contribution in [0.3, 0.4) is 0 Å². The summed E-state index contributed by atoms with van der Waals surface area (Å²) >= 11 is 0. The van der Waals surface area contributed by atoms with E-state index in [4.69, 9.17) is 13.7 Å². The van der Waals surface area contributed by atoms with E-state index in [1.807, 2.05) is 0 Å². The molecule has 0 aromatic carbocycles. The molecule has 0 spiro atoms. The van der Waals surface area contributed by atoms with Crippen LogP contribution in [-0.4, -0.2) is 59.7 Å². The molecule has 1 aliphatic heterocycles. The first-order chi connectivity index (χ1) is 11.6. The molecular weight excluding hydrogens is 314 g/mol. The van der Waals surface area contributed by atoms with Crippen LogP contribution in [0.4, 0.5) is 4.79 Å². The van der Waals surface area contributed by atoms with Crippen LogP contribution in [0.1, 0.15) is 23.0 Å². The van der Waals surface area contributed by atoms with Crippen LogP contribution in [0.15, 0.2) is 27.3 Å². The molecule has 8 nitrogen and oxygen atoms in total. The smallest absolute Gasteiger partial charge is 0.409 e. The van der Waals surface area contributed by atoms with Gasteiger partial charge in [0, 0.05) is 26.2 Å². The van der Waals surface area contributed by atoms with E-state index in [9.17, 15) is 9.59 Å². The van der Waals surface area contributed by atoms with Crippen molar-refractivity contribution in [3.8, 4) is 11.5 Å². The fraction of sp³-hybridized carbons (Fsp3) is 0.438.